The van der Waals surface area contributed by atoms with Gasteiger partial charge < -0.3 is 10.2 Å². The van der Waals surface area contributed by atoms with Crippen molar-refractivity contribution in [1.29, 1.82) is 0 Å². The topological polar surface area (TPSA) is 53.9 Å². The van der Waals surface area contributed by atoms with Crippen LogP contribution in [-0.4, -0.2) is 35.6 Å². The number of nitrogens with zero attached hydrogens (tertiary/aromatic N) is 4. The first-order valence-electron chi connectivity index (χ1n) is 7.73. The first-order valence-corrected chi connectivity index (χ1v) is 8.11. The molecule has 0 spiro atoms. The highest BCUT2D eigenvalue weighted by atomic mass is 35.5. The Labute approximate surface area is 132 Å². The van der Waals surface area contributed by atoms with Crippen LogP contribution in [0.15, 0.2) is 0 Å². The van der Waals surface area contributed by atoms with Gasteiger partial charge in [-0.3, -0.25) is 0 Å². The number of hydrogen-bond acceptors (Lipinski definition) is 5. The summed E-state index contributed by atoms with van der Waals surface area (Å²) in [5.74, 6) is 1.87. The van der Waals surface area contributed by atoms with Gasteiger partial charge in [0.1, 0.15) is 0 Å². The molecule has 0 saturated heterocycles. The molecule has 1 aromatic heterocycles. The average molecular weight is 312 g/mol. The lowest BCUT2D eigenvalue weighted by atomic mass is 9.78. The number of nitrogens with one attached hydrogen (secondary N) is 1. The summed E-state index contributed by atoms with van der Waals surface area (Å²) in [7, 11) is 3.79. The summed E-state index contributed by atoms with van der Waals surface area (Å²) in [4.78, 5) is 14.5. The van der Waals surface area contributed by atoms with E-state index >= 15 is 0 Å². The maximum absolute atomic E-state index is 5.98. The number of hydrogen-bond donors (Lipinski definition) is 1. The molecule has 0 radical (unpaired) electrons. The summed E-state index contributed by atoms with van der Waals surface area (Å²) in [6.07, 6.45) is 6.49. The number of rotatable bonds is 6. The van der Waals surface area contributed by atoms with Crippen LogP contribution in [-0.2, 0) is 0 Å². The van der Waals surface area contributed by atoms with E-state index < -0.39 is 0 Å². The van der Waals surface area contributed by atoms with Gasteiger partial charge in [0.25, 0.3) is 0 Å². The number of anilines is 2. The summed E-state index contributed by atoms with van der Waals surface area (Å²) >= 11 is 5.98. The Morgan fingerprint density at radius 2 is 1.86 bits per heavy atom. The van der Waals surface area contributed by atoms with Gasteiger partial charge in [-0.05, 0) is 42.2 Å². The molecule has 0 unspecified atom stereocenters. The molecule has 5 nitrogen and oxygen atoms in total. The third-order valence-electron chi connectivity index (χ3n) is 4.12. The number of aromatic nitrogens is 3. The molecule has 2 rings (SSSR count). The van der Waals surface area contributed by atoms with E-state index in [2.05, 4.69) is 34.1 Å². The van der Waals surface area contributed by atoms with Crippen molar-refractivity contribution < 1.29 is 0 Å². The van der Waals surface area contributed by atoms with Crippen molar-refractivity contribution in [3.8, 4) is 0 Å². The molecule has 1 aromatic rings. The van der Waals surface area contributed by atoms with Gasteiger partial charge in [0.05, 0.1) is 0 Å². The number of halogens is 1. The van der Waals surface area contributed by atoms with Crippen LogP contribution in [0.1, 0.15) is 46.0 Å². The molecule has 1 aliphatic carbocycles. The summed E-state index contributed by atoms with van der Waals surface area (Å²) in [5, 5.41) is 3.63. The largest absolute Gasteiger partial charge is 0.353 e. The molecule has 1 heterocycles. The zero-order chi connectivity index (χ0) is 15.5. The summed E-state index contributed by atoms with van der Waals surface area (Å²) in [6, 6.07) is 0. The molecule has 21 heavy (non-hydrogen) atoms. The fourth-order valence-corrected chi connectivity index (χ4v) is 3.48. The molecule has 1 aliphatic rings. The fourth-order valence-electron chi connectivity index (χ4n) is 3.33. The molecular formula is C15H26ClN5. The van der Waals surface area contributed by atoms with Gasteiger partial charge in [0, 0.05) is 20.6 Å². The van der Waals surface area contributed by atoms with E-state index in [0.29, 0.717) is 23.2 Å². The lowest BCUT2D eigenvalue weighted by molar-refractivity contribution is 0.252. The van der Waals surface area contributed by atoms with Gasteiger partial charge in [0.15, 0.2) is 0 Å². The minimum Gasteiger partial charge on any atom is -0.353 e. The van der Waals surface area contributed by atoms with Crippen LogP contribution in [0.2, 0.25) is 5.28 Å². The molecule has 0 aliphatic heterocycles. The van der Waals surface area contributed by atoms with Crippen LogP contribution in [0.4, 0.5) is 11.9 Å². The van der Waals surface area contributed by atoms with E-state index in [9.17, 15) is 0 Å². The molecule has 118 valence electrons. The Balaban J connectivity index is 2.07. The summed E-state index contributed by atoms with van der Waals surface area (Å²) < 4.78 is 0. The molecule has 0 atom stereocenters. The molecular weight excluding hydrogens is 286 g/mol. The van der Waals surface area contributed by atoms with E-state index in [1.165, 1.54) is 32.1 Å². The second-order valence-electron chi connectivity index (χ2n) is 6.78. The maximum Gasteiger partial charge on any atom is 0.230 e. The van der Waals surface area contributed by atoms with Crippen molar-refractivity contribution >= 4 is 23.5 Å². The molecule has 1 N–H and O–H groups in total. The van der Waals surface area contributed by atoms with Crippen LogP contribution in [0.5, 0.6) is 0 Å². The molecule has 1 saturated carbocycles. The van der Waals surface area contributed by atoms with Crippen LogP contribution in [0.3, 0.4) is 0 Å². The van der Waals surface area contributed by atoms with Gasteiger partial charge >= 0.3 is 0 Å². The van der Waals surface area contributed by atoms with E-state index in [1.54, 1.807) is 0 Å². The van der Waals surface area contributed by atoms with Gasteiger partial charge in [0.2, 0.25) is 17.2 Å². The van der Waals surface area contributed by atoms with E-state index in [1.807, 2.05) is 19.0 Å². The van der Waals surface area contributed by atoms with E-state index in [-0.39, 0.29) is 5.28 Å². The third-order valence-corrected chi connectivity index (χ3v) is 4.29. The minimum atomic E-state index is 0.237. The maximum atomic E-state index is 5.98. The van der Waals surface area contributed by atoms with Crippen LogP contribution in [0.25, 0.3) is 0 Å². The first kappa shape index (κ1) is 16.3. The Morgan fingerprint density at radius 3 is 2.43 bits per heavy atom. The van der Waals surface area contributed by atoms with Crippen LogP contribution < -0.4 is 10.2 Å². The lowest BCUT2D eigenvalue weighted by Crippen LogP contribution is -2.29. The second-order valence-corrected chi connectivity index (χ2v) is 7.12. The smallest absolute Gasteiger partial charge is 0.230 e. The van der Waals surface area contributed by atoms with Gasteiger partial charge in [-0.15, -0.1) is 0 Å². The Kier molecular flexibility index (Phi) is 5.25. The van der Waals surface area contributed by atoms with Gasteiger partial charge in [-0.2, -0.15) is 15.0 Å². The predicted octanol–water partition coefficient (Wildman–Crippen LogP) is 3.61. The highest BCUT2D eigenvalue weighted by Gasteiger charge is 2.34. The zero-order valence-corrected chi connectivity index (χ0v) is 14.2. The fraction of sp³-hybridized carbons (Fsp3) is 0.800. The Bertz CT molecular complexity index is 469. The van der Waals surface area contributed by atoms with E-state index in [4.69, 9.17) is 11.6 Å². The second kappa shape index (κ2) is 6.77. The predicted molar refractivity (Wildman–Crippen MR) is 88.0 cm³/mol. The molecule has 0 amide bonds. The summed E-state index contributed by atoms with van der Waals surface area (Å²) in [6.45, 7) is 5.51. The monoisotopic (exact) mass is 311 g/mol. The molecule has 6 heteroatoms. The van der Waals surface area contributed by atoms with Gasteiger partial charge in [-0.1, -0.05) is 26.7 Å². The van der Waals surface area contributed by atoms with Crippen molar-refractivity contribution in [3.63, 3.8) is 0 Å². The van der Waals surface area contributed by atoms with Crippen LogP contribution >= 0.6 is 11.6 Å². The van der Waals surface area contributed by atoms with E-state index in [0.717, 1.165) is 6.54 Å². The normalized spacial score (nSPS) is 17.2. The van der Waals surface area contributed by atoms with Crippen molar-refractivity contribution in [2.45, 2.75) is 46.0 Å². The molecule has 0 bridgehead atoms. The molecule has 0 aromatic carbocycles. The SMILES string of the molecule is CC(C)CC1(CNc2nc(Cl)nc(N(C)C)n2)CCCC1. The van der Waals surface area contributed by atoms with Crippen molar-refractivity contribution in [3.05, 3.63) is 5.28 Å². The lowest BCUT2D eigenvalue weighted by Gasteiger charge is -2.31. The Hall–Kier alpha value is -1.10. The van der Waals surface area contributed by atoms with Crippen molar-refractivity contribution in [2.24, 2.45) is 11.3 Å². The van der Waals surface area contributed by atoms with Gasteiger partial charge in [-0.25, -0.2) is 0 Å². The average Bonchev–Trinajstić information content (AvgIpc) is 2.84. The highest BCUT2D eigenvalue weighted by Crippen LogP contribution is 2.43. The highest BCUT2D eigenvalue weighted by molar-refractivity contribution is 6.28. The third kappa shape index (κ3) is 4.43. The quantitative estimate of drug-likeness (QED) is 0.869. The standard InChI is InChI=1S/C15H26ClN5/c1-11(2)9-15(7-5-6-8-15)10-17-13-18-12(16)19-14(20-13)21(3)4/h11H,5-10H2,1-4H3,(H,17,18,19,20). The Morgan fingerprint density at radius 1 is 1.19 bits per heavy atom. The minimum absolute atomic E-state index is 0.237. The van der Waals surface area contributed by atoms with Crippen molar-refractivity contribution in [2.75, 3.05) is 30.9 Å². The summed E-state index contributed by atoms with van der Waals surface area (Å²) in [5.41, 5.74) is 0.381. The molecule has 1 fully saturated rings. The first-order chi connectivity index (χ1) is 9.90. The zero-order valence-electron chi connectivity index (χ0n) is 13.5. The van der Waals surface area contributed by atoms with Crippen molar-refractivity contribution in [1.82, 2.24) is 15.0 Å². The van der Waals surface area contributed by atoms with Crippen LogP contribution in [0, 0.1) is 11.3 Å².